The first-order chi connectivity index (χ1) is 9.15. The van der Waals surface area contributed by atoms with Gasteiger partial charge in [0, 0.05) is 39.4 Å². The van der Waals surface area contributed by atoms with Gasteiger partial charge in [0.2, 0.25) is 11.8 Å². The highest BCUT2D eigenvalue weighted by atomic mass is 16.2. The molecule has 0 unspecified atom stereocenters. The van der Waals surface area contributed by atoms with Crippen LogP contribution in [0.25, 0.3) is 0 Å². The van der Waals surface area contributed by atoms with Crippen molar-refractivity contribution in [2.24, 2.45) is 13.0 Å². The van der Waals surface area contributed by atoms with Crippen LogP contribution in [-0.4, -0.2) is 59.2 Å². The molecule has 3 rings (SSSR count). The number of carbonyl (C=O) groups is 2. The number of carbonyl (C=O) groups excluding carboxylic acids is 2. The molecular formula is C12H17N5O2. The van der Waals surface area contributed by atoms with E-state index < -0.39 is 0 Å². The van der Waals surface area contributed by atoms with E-state index in [9.17, 15) is 9.59 Å². The van der Waals surface area contributed by atoms with E-state index in [1.807, 2.05) is 13.2 Å². The molecule has 19 heavy (non-hydrogen) atoms. The topological polar surface area (TPSA) is 70.5 Å². The van der Waals surface area contributed by atoms with Crippen LogP contribution in [0.2, 0.25) is 0 Å². The number of nitrogens with zero attached hydrogens (tertiary/aromatic N) is 4. The van der Waals surface area contributed by atoms with Crippen molar-refractivity contribution in [1.29, 1.82) is 0 Å². The minimum atomic E-state index is -0.0418. The van der Waals surface area contributed by atoms with Gasteiger partial charge in [0.1, 0.15) is 6.54 Å². The summed E-state index contributed by atoms with van der Waals surface area (Å²) in [6, 6.07) is 0. The predicted octanol–water partition coefficient (Wildman–Crippen LogP) is -1.19. The fourth-order valence-corrected chi connectivity index (χ4v) is 2.40. The summed E-state index contributed by atoms with van der Waals surface area (Å²) >= 11 is 0. The minimum Gasteiger partial charge on any atom is -0.331 e. The Hall–Kier alpha value is -1.89. The van der Waals surface area contributed by atoms with Crippen LogP contribution in [0, 0.1) is 5.92 Å². The van der Waals surface area contributed by atoms with Gasteiger partial charge in [-0.15, -0.1) is 0 Å². The second-order valence-corrected chi connectivity index (χ2v) is 5.03. The summed E-state index contributed by atoms with van der Waals surface area (Å²) in [5.74, 6) is 0.107. The Bertz CT molecular complexity index is 508. The molecule has 1 aromatic rings. The molecule has 2 aliphatic rings. The summed E-state index contributed by atoms with van der Waals surface area (Å²) in [7, 11) is 1.82. The summed E-state index contributed by atoms with van der Waals surface area (Å²) in [5, 5.41) is 7.14. The standard InChI is InChI=1S/C12H17N5O2/c1-15-7-10(6-14-15)17-3-2-16(8-11(17)18)12(19)9-4-13-5-9/h6-7,9,13H,2-5,8H2,1H3. The molecule has 2 aliphatic heterocycles. The summed E-state index contributed by atoms with van der Waals surface area (Å²) in [5.41, 5.74) is 0.796. The maximum atomic E-state index is 12.1. The van der Waals surface area contributed by atoms with Crippen LogP contribution in [0.5, 0.6) is 0 Å². The number of hydrogen-bond acceptors (Lipinski definition) is 4. The third kappa shape index (κ3) is 2.21. The fourth-order valence-electron chi connectivity index (χ4n) is 2.40. The summed E-state index contributed by atoms with van der Waals surface area (Å²) in [6.45, 7) is 2.77. The van der Waals surface area contributed by atoms with Gasteiger partial charge in [-0.1, -0.05) is 0 Å². The van der Waals surface area contributed by atoms with Crippen LogP contribution in [-0.2, 0) is 16.6 Å². The molecule has 2 amide bonds. The molecule has 0 bridgehead atoms. The zero-order chi connectivity index (χ0) is 13.4. The largest absolute Gasteiger partial charge is 0.331 e. The molecule has 0 radical (unpaired) electrons. The Morgan fingerprint density at radius 1 is 1.42 bits per heavy atom. The summed E-state index contributed by atoms with van der Waals surface area (Å²) in [6.07, 6.45) is 3.48. The van der Waals surface area contributed by atoms with Crippen LogP contribution < -0.4 is 10.2 Å². The van der Waals surface area contributed by atoms with Gasteiger partial charge in [0.05, 0.1) is 17.8 Å². The van der Waals surface area contributed by atoms with Crippen molar-refractivity contribution in [3.63, 3.8) is 0 Å². The highest BCUT2D eigenvalue weighted by molar-refractivity contribution is 5.98. The van der Waals surface area contributed by atoms with E-state index in [2.05, 4.69) is 10.4 Å². The van der Waals surface area contributed by atoms with Gasteiger partial charge in [-0.05, 0) is 0 Å². The van der Waals surface area contributed by atoms with Crippen molar-refractivity contribution in [3.05, 3.63) is 12.4 Å². The number of anilines is 1. The zero-order valence-electron chi connectivity index (χ0n) is 10.9. The number of hydrogen-bond donors (Lipinski definition) is 1. The molecule has 2 fully saturated rings. The average molecular weight is 263 g/mol. The molecule has 0 atom stereocenters. The Morgan fingerprint density at radius 3 is 2.74 bits per heavy atom. The fraction of sp³-hybridized carbons (Fsp3) is 0.583. The molecule has 7 heteroatoms. The smallest absolute Gasteiger partial charge is 0.246 e. The van der Waals surface area contributed by atoms with E-state index in [4.69, 9.17) is 0 Å². The van der Waals surface area contributed by atoms with Crippen molar-refractivity contribution in [2.75, 3.05) is 37.6 Å². The summed E-state index contributed by atoms with van der Waals surface area (Å²) in [4.78, 5) is 27.6. The molecular weight excluding hydrogens is 246 g/mol. The van der Waals surface area contributed by atoms with E-state index in [0.29, 0.717) is 13.1 Å². The number of rotatable bonds is 2. The highest BCUT2D eigenvalue weighted by Crippen LogP contribution is 2.17. The molecule has 102 valence electrons. The lowest BCUT2D eigenvalue weighted by Gasteiger charge is -2.37. The number of amides is 2. The molecule has 7 nitrogen and oxygen atoms in total. The zero-order valence-corrected chi connectivity index (χ0v) is 10.9. The van der Waals surface area contributed by atoms with Crippen molar-refractivity contribution in [3.8, 4) is 0 Å². The normalized spacial score (nSPS) is 20.6. The molecule has 0 aromatic carbocycles. The van der Waals surface area contributed by atoms with Crippen LogP contribution >= 0.6 is 0 Å². The van der Waals surface area contributed by atoms with Gasteiger partial charge < -0.3 is 15.1 Å². The molecule has 0 saturated carbocycles. The van der Waals surface area contributed by atoms with Gasteiger partial charge in [0.15, 0.2) is 0 Å². The van der Waals surface area contributed by atoms with Crippen LogP contribution in [0.4, 0.5) is 5.69 Å². The van der Waals surface area contributed by atoms with E-state index in [1.165, 1.54) is 0 Å². The van der Waals surface area contributed by atoms with Gasteiger partial charge in [-0.3, -0.25) is 14.3 Å². The van der Waals surface area contributed by atoms with E-state index in [0.717, 1.165) is 18.8 Å². The predicted molar refractivity (Wildman–Crippen MR) is 68.5 cm³/mol. The lowest BCUT2D eigenvalue weighted by Crippen LogP contribution is -2.58. The second kappa shape index (κ2) is 4.65. The van der Waals surface area contributed by atoms with Crippen LogP contribution in [0.15, 0.2) is 12.4 Å². The summed E-state index contributed by atoms with van der Waals surface area (Å²) < 4.78 is 1.67. The number of piperazine rings is 1. The van der Waals surface area contributed by atoms with Gasteiger partial charge in [-0.2, -0.15) is 5.10 Å². The second-order valence-electron chi connectivity index (χ2n) is 5.03. The third-order valence-corrected chi connectivity index (χ3v) is 3.67. The molecule has 2 saturated heterocycles. The Labute approximate surface area is 111 Å². The highest BCUT2D eigenvalue weighted by Gasteiger charge is 2.34. The van der Waals surface area contributed by atoms with Crippen LogP contribution in [0.3, 0.4) is 0 Å². The van der Waals surface area contributed by atoms with E-state index in [1.54, 1.807) is 20.7 Å². The van der Waals surface area contributed by atoms with Gasteiger partial charge in [-0.25, -0.2) is 0 Å². The first kappa shape index (κ1) is 12.2. The lowest BCUT2D eigenvalue weighted by atomic mass is 10.0. The van der Waals surface area contributed by atoms with E-state index >= 15 is 0 Å². The monoisotopic (exact) mass is 263 g/mol. The Morgan fingerprint density at radius 2 is 2.21 bits per heavy atom. The molecule has 1 N–H and O–H groups in total. The van der Waals surface area contributed by atoms with Crippen molar-refractivity contribution in [1.82, 2.24) is 20.0 Å². The van der Waals surface area contributed by atoms with Crippen molar-refractivity contribution >= 4 is 17.5 Å². The SMILES string of the molecule is Cn1cc(N2CCN(C(=O)C3CNC3)CC2=O)cn1. The average Bonchev–Trinajstić information content (AvgIpc) is 2.73. The number of aromatic nitrogens is 2. The van der Waals surface area contributed by atoms with E-state index in [-0.39, 0.29) is 24.3 Å². The van der Waals surface area contributed by atoms with Gasteiger partial charge >= 0.3 is 0 Å². The number of aryl methyl sites for hydroxylation is 1. The minimum absolute atomic E-state index is 0.0418. The maximum absolute atomic E-state index is 12.1. The number of nitrogens with one attached hydrogen (secondary N) is 1. The van der Waals surface area contributed by atoms with Crippen molar-refractivity contribution < 1.29 is 9.59 Å². The lowest BCUT2D eigenvalue weighted by molar-refractivity contribution is -0.141. The van der Waals surface area contributed by atoms with Crippen molar-refractivity contribution in [2.45, 2.75) is 0 Å². The van der Waals surface area contributed by atoms with Crippen LogP contribution in [0.1, 0.15) is 0 Å². The first-order valence-electron chi connectivity index (χ1n) is 6.43. The third-order valence-electron chi connectivity index (χ3n) is 3.67. The Kier molecular flexibility index (Phi) is 2.98. The molecule has 0 aliphatic carbocycles. The molecule has 3 heterocycles. The van der Waals surface area contributed by atoms with Gasteiger partial charge in [0.25, 0.3) is 0 Å². The maximum Gasteiger partial charge on any atom is 0.246 e. The Balaban J connectivity index is 1.65. The quantitative estimate of drug-likeness (QED) is 0.729. The molecule has 1 aromatic heterocycles. The first-order valence-corrected chi connectivity index (χ1v) is 6.43. The molecule has 0 spiro atoms.